The topological polar surface area (TPSA) is 84.2 Å². The van der Waals surface area contributed by atoms with Gasteiger partial charge in [0.25, 0.3) is 11.5 Å². The van der Waals surface area contributed by atoms with Crippen LogP contribution in [0.1, 0.15) is 36.7 Å². The molecule has 1 heterocycles. The van der Waals surface area contributed by atoms with Crippen LogP contribution in [0.15, 0.2) is 59.4 Å². The van der Waals surface area contributed by atoms with Gasteiger partial charge in [0.05, 0.1) is 10.9 Å². The van der Waals surface area contributed by atoms with E-state index in [4.69, 9.17) is 10.2 Å². The molecule has 0 aliphatic rings. The van der Waals surface area contributed by atoms with Gasteiger partial charge < -0.3 is 0 Å². The Balaban J connectivity index is 2.01. The van der Waals surface area contributed by atoms with Crippen molar-refractivity contribution in [3.05, 3.63) is 81.9 Å². The molecule has 0 aliphatic carbocycles. The Labute approximate surface area is 163 Å². The van der Waals surface area contributed by atoms with Crippen LogP contribution in [0, 0.1) is 0 Å². The normalized spacial score (nSPS) is 11.4. The first-order valence-corrected chi connectivity index (χ1v) is 9.20. The summed E-state index contributed by atoms with van der Waals surface area (Å²) in [5.74, 6) is 0.210. The lowest BCUT2D eigenvalue weighted by Gasteiger charge is -2.16. The number of aromatic nitrogens is 2. The summed E-state index contributed by atoms with van der Waals surface area (Å²) in [7, 11) is 0. The molecule has 0 radical (unpaired) electrons. The van der Waals surface area contributed by atoms with Crippen LogP contribution in [0.5, 0.6) is 0 Å². The average molecular weight is 377 g/mol. The molecule has 0 fully saturated rings. The van der Waals surface area contributed by atoms with Gasteiger partial charge in [-0.1, -0.05) is 50.2 Å². The predicted octanol–water partition coefficient (Wildman–Crippen LogP) is 3.28. The fourth-order valence-corrected chi connectivity index (χ4v) is 3.11. The third-order valence-electron chi connectivity index (χ3n) is 4.53. The van der Waals surface area contributed by atoms with Crippen molar-refractivity contribution in [3.8, 4) is 0 Å². The lowest BCUT2D eigenvalue weighted by atomic mass is 10.1. The highest BCUT2D eigenvalue weighted by Crippen LogP contribution is 2.18. The van der Waals surface area contributed by atoms with E-state index >= 15 is 0 Å². The Morgan fingerprint density at radius 3 is 2.64 bits per heavy atom. The van der Waals surface area contributed by atoms with Gasteiger partial charge in [0.1, 0.15) is 5.82 Å². The Bertz CT molecular complexity index is 1070. The number of rotatable bonds is 6. The Hall–Kier alpha value is -3.25. The summed E-state index contributed by atoms with van der Waals surface area (Å²) in [5.41, 5.74) is 3.97. The molecule has 0 atom stereocenters. The third kappa shape index (κ3) is 4.35. The number of benzene rings is 2. The van der Waals surface area contributed by atoms with E-state index in [9.17, 15) is 9.59 Å². The summed E-state index contributed by atoms with van der Waals surface area (Å²) in [4.78, 5) is 29.0. The molecule has 0 bridgehead atoms. The van der Waals surface area contributed by atoms with Gasteiger partial charge in [0, 0.05) is 18.5 Å². The van der Waals surface area contributed by atoms with Gasteiger partial charge in [-0.05, 0) is 35.8 Å². The van der Waals surface area contributed by atoms with E-state index < -0.39 is 5.91 Å². The van der Waals surface area contributed by atoms with Crippen LogP contribution in [-0.4, -0.2) is 20.7 Å². The second kappa shape index (κ2) is 8.63. The van der Waals surface area contributed by atoms with Gasteiger partial charge in [-0.3, -0.25) is 19.4 Å². The van der Waals surface area contributed by atoms with Crippen LogP contribution in [0.4, 0.5) is 0 Å². The lowest BCUT2D eigenvalue weighted by molar-refractivity contribution is -0.124. The molecule has 1 aromatic heterocycles. The lowest BCUT2D eigenvalue weighted by Crippen LogP contribution is -2.27. The van der Waals surface area contributed by atoms with Crippen LogP contribution in [0.25, 0.3) is 17.0 Å². The number of hydroxylamine groups is 1. The van der Waals surface area contributed by atoms with E-state index in [2.05, 4.69) is 12.1 Å². The van der Waals surface area contributed by atoms with E-state index in [0.717, 1.165) is 17.8 Å². The van der Waals surface area contributed by atoms with Crippen molar-refractivity contribution in [2.24, 2.45) is 0 Å². The molecule has 0 unspecified atom stereocenters. The van der Waals surface area contributed by atoms with Crippen molar-refractivity contribution >= 4 is 22.9 Å². The average Bonchev–Trinajstić information content (AvgIpc) is 2.71. The van der Waals surface area contributed by atoms with Gasteiger partial charge in [-0.15, -0.1) is 0 Å². The van der Waals surface area contributed by atoms with Crippen LogP contribution >= 0.6 is 0 Å². The number of aryl methyl sites for hydroxylation is 1. The molecule has 0 spiro atoms. The Morgan fingerprint density at radius 2 is 1.96 bits per heavy atom. The monoisotopic (exact) mass is 377 g/mol. The molecule has 3 rings (SSSR count). The minimum Gasteiger partial charge on any atom is -0.296 e. The first-order valence-electron chi connectivity index (χ1n) is 9.20. The van der Waals surface area contributed by atoms with Crippen LogP contribution < -0.4 is 11.0 Å². The Kier molecular flexibility index (Phi) is 6.01. The quantitative estimate of drug-likeness (QED) is 0.392. The minimum atomic E-state index is -0.618. The standard InChI is InChI=1S/C22H23N3O3/c1-15(2)21-23-19-14-17(9-11-20(26)24-28)8-10-18(19)22(27)25(21)13-12-16-6-4-3-5-7-16/h3-11,14-15,28H,12-13H2,1-2H3,(H,24,26). The highest BCUT2D eigenvalue weighted by molar-refractivity contribution is 5.91. The zero-order valence-electron chi connectivity index (χ0n) is 15.9. The van der Waals surface area contributed by atoms with E-state index in [1.54, 1.807) is 34.3 Å². The summed E-state index contributed by atoms with van der Waals surface area (Å²) >= 11 is 0. The fraction of sp³-hybridized carbons (Fsp3) is 0.227. The van der Waals surface area contributed by atoms with Crippen LogP contribution in [-0.2, 0) is 17.8 Å². The highest BCUT2D eigenvalue weighted by atomic mass is 16.5. The number of nitrogens with zero attached hydrogens (tertiary/aromatic N) is 2. The number of amides is 1. The third-order valence-corrected chi connectivity index (χ3v) is 4.53. The summed E-state index contributed by atoms with van der Waals surface area (Å²) in [5, 5.41) is 9.12. The molecule has 6 nitrogen and oxygen atoms in total. The van der Waals surface area contributed by atoms with E-state index in [0.29, 0.717) is 17.4 Å². The molecule has 28 heavy (non-hydrogen) atoms. The highest BCUT2D eigenvalue weighted by Gasteiger charge is 2.14. The largest absolute Gasteiger partial charge is 0.296 e. The maximum absolute atomic E-state index is 13.1. The molecular weight excluding hydrogens is 354 g/mol. The van der Waals surface area contributed by atoms with Crippen molar-refractivity contribution in [1.82, 2.24) is 15.0 Å². The fourth-order valence-electron chi connectivity index (χ4n) is 3.11. The number of carbonyl (C=O) groups is 1. The second-order valence-corrected chi connectivity index (χ2v) is 6.90. The molecule has 0 saturated heterocycles. The molecule has 3 aromatic rings. The summed E-state index contributed by atoms with van der Waals surface area (Å²) in [6.07, 6.45) is 3.53. The minimum absolute atomic E-state index is 0.0618. The first-order chi connectivity index (χ1) is 13.5. The first kappa shape index (κ1) is 19.5. The molecule has 6 heteroatoms. The van der Waals surface area contributed by atoms with Crippen molar-refractivity contribution in [2.75, 3.05) is 0 Å². The van der Waals surface area contributed by atoms with Gasteiger partial charge in [-0.25, -0.2) is 10.5 Å². The molecule has 2 N–H and O–H groups in total. The van der Waals surface area contributed by atoms with Crippen molar-refractivity contribution in [3.63, 3.8) is 0 Å². The van der Waals surface area contributed by atoms with E-state index in [1.165, 1.54) is 11.6 Å². The molecular formula is C22H23N3O3. The maximum atomic E-state index is 13.1. The number of hydrogen-bond donors (Lipinski definition) is 2. The van der Waals surface area contributed by atoms with Crippen molar-refractivity contribution in [2.45, 2.75) is 32.7 Å². The van der Waals surface area contributed by atoms with Gasteiger partial charge in [-0.2, -0.15) is 0 Å². The summed E-state index contributed by atoms with van der Waals surface area (Å²) < 4.78 is 1.76. The molecule has 0 saturated carbocycles. The molecule has 0 aliphatic heterocycles. The van der Waals surface area contributed by atoms with Gasteiger partial charge in [0.2, 0.25) is 0 Å². The number of fused-ring (bicyclic) bond motifs is 1. The summed E-state index contributed by atoms with van der Waals surface area (Å²) in [6, 6.07) is 15.3. The molecule has 2 aromatic carbocycles. The number of nitrogens with one attached hydrogen (secondary N) is 1. The van der Waals surface area contributed by atoms with Crippen LogP contribution in [0.2, 0.25) is 0 Å². The smallest absolute Gasteiger partial charge is 0.267 e. The van der Waals surface area contributed by atoms with Gasteiger partial charge >= 0.3 is 0 Å². The SMILES string of the molecule is CC(C)c1nc2cc(C=CC(=O)NO)ccc2c(=O)n1CCc1ccccc1. The molecule has 1 amide bonds. The summed E-state index contributed by atoms with van der Waals surface area (Å²) in [6.45, 7) is 4.60. The van der Waals surface area contributed by atoms with E-state index in [-0.39, 0.29) is 11.5 Å². The molecule has 144 valence electrons. The van der Waals surface area contributed by atoms with Gasteiger partial charge in [0.15, 0.2) is 0 Å². The Morgan fingerprint density at radius 1 is 1.21 bits per heavy atom. The van der Waals surface area contributed by atoms with E-state index in [1.807, 2.05) is 32.0 Å². The van der Waals surface area contributed by atoms with Crippen LogP contribution in [0.3, 0.4) is 0 Å². The van der Waals surface area contributed by atoms with Crippen molar-refractivity contribution < 1.29 is 10.0 Å². The zero-order valence-corrected chi connectivity index (χ0v) is 15.9. The zero-order chi connectivity index (χ0) is 20.1. The number of hydrogen-bond acceptors (Lipinski definition) is 4. The van der Waals surface area contributed by atoms with Crippen molar-refractivity contribution in [1.29, 1.82) is 0 Å². The maximum Gasteiger partial charge on any atom is 0.267 e. The second-order valence-electron chi connectivity index (χ2n) is 6.90. The number of carbonyl (C=O) groups excluding carboxylic acids is 1. The predicted molar refractivity (Wildman–Crippen MR) is 109 cm³/mol.